The Hall–Kier alpha value is -2.92. The maximum absolute atomic E-state index is 12.9. The maximum atomic E-state index is 12.9. The van der Waals surface area contributed by atoms with Crippen molar-refractivity contribution in [1.82, 2.24) is 4.90 Å². The fourth-order valence-electron chi connectivity index (χ4n) is 3.78. The van der Waals surface area contributed by atoms with Gasteiger partial charge >= 0.3 is 0 Å². The Morgan fingerprint density at radius 2 is 1.86 bits per heavy atom. The van der Waals surface area contributed by atoms with Crippen molar-refractivity contribution in [3.8, 4) is 0 Å². The van der Waals surface area contributed by atoms with Crippen LogP contribution < -0.4 is 0 Å². The summed E-state index contributed by atoms with van der Waals surface area (Å²) >= 11 is 1.51. The predicted octanol–water partition coefficient (Wildman–Crippen LogP) is 5.04. The first kappa shape index (κ1) is 18.4. The largest absolute Gasteiger partial charge is 0.507 e. The van der Waals surface area contributed by atoms with E-state index in [-0.39, 0.29) is 11.3 Å². The molecule has 0 saturated carbocycles. The minimum atomic E-state index is -0.614. The van der Waals surface area contributed by atoms with E-state index in [0.717, 1.165) is 27.6 Å². The second kappa shape index (κ2) is 7.24. The minimum Gasteiger partial charge on any atom is -0.507 e. The van der Waals surface area contributed by atoms with Crippen LogP contribution in [0.5, 0.6) is 0 Å². The fraction of sp³-hybridized carbons (Fsp3) is 0.217. The molecule has 5 heteroatoms. The van der Waals surface area contributed by atoms with Crippen LogP contribution in [-0.4, -0.2) is 28.2 Å². The molecular formula is C23H21NO3S. The summed E-state index contributed by atoms with van der Waals surface area (Å²) < 4.78 is 0. The predicted molar refractivity (Wildman–Crippen MR) is 112 cm³/mol. The number of aryl methyl sites for hydroxylation is 1. The number of carbonyl (C=O) groups excluding carboxylic acids is 2. The van der Waals surface area contributed by atoms with Crippen molar-refractivity contribution < 1.29 is 14.7 Å². The van der Waals surface area contributed by atoms with E-state index in [1.165, 1.54) is 11.3 Å². The highest BCUT2D eigenvalue weighted by Crippen LogP contribution is 2.42. The first-order valence-electron chi connectivity index (χ1n) is 9.34. The van der Waals surface area contributed by atoms with E-state index in [4.69, 9.17) is 0 Å². The molecule has 2 aromatic carbocycles. The highest BCUT2D eigenvalue weighted by atomic mass is 32.1. The molecule has 0 aliphatic carbocycles. The van der Waals surface area contributed by atoms with Gasteiger partial charge in [0.05, 0.1) is 11.6 Å². The van der Waals surface area contributed by atoms with Crippen LogP contribution in [0.4, 0.5) is 0 Å². The van der Waals surface area contributed by atoms with Gasteiger partial charge < -0.3 is 10.0 Å². The Morgan fingerprint density at radius 1 is 1.11 bits per heavy atom. The molecule has 1 aromatic heterocycles. The summed E-state index contributed by atoms with van der Waals surface area (Å²) in [5.74, 6) is -1.26. The molecule has 0 bridgehead atoms. The molecule has 142 valence electrons. The number of aliphatic hydroxyl groups excluding tert-OH is 1. The Bertz CT molecular complexity index is 1110. The maximum Gasteiger partial charge on any atom is 0.295 e. The summed E-state index contributed by atoms with van der Waals surface area (Å²) in [5.41, 5.74) is 1.74. The van der Waals surface area contributed by atoms with E-state index >= 15 is 0 Å². The van der Waals surface area contributed by atoms with Gasteiger partial charge in [-0.05, 0) is 47.2 Å². The molecule has 1 amide bonds. The average Bonchev–Trinajstić information content (AvgIpc) is 3.23. The lowest BCUT2D eigenvalue weighted by Gasteiger charge is -2.24. The molecule has 0 radical (unpaired) electrons. The Kier molecular flexibility index (Phi) is 4.77. The number of carbonyl (C=O) groups is 2. The molecule has 1 atom stereocenters. The first-order chi connectivity index (χ1) is 13.5. The summed E-state index contributed by atoms with van der Waals surface area (Å²) in [4.78, 5) is 28.1. The zero-order valence-corrected chi connectivity index (χ0v) is 16.6. The number of rotatable bonds is 4. The van der Waals surface area contributed by atoms with Gasteiger partial charge in [0.1, 0.15) is 5.76 Å². The number of Topliss-reactive ketones (excluding diaryl/α,β-unsaturated/α-hetero) is 1. The number of hydrogen-bond acceptors (Lipinski definition) is 4. The highest BCUT2D eigenvalue weighted by molar-refractivity contribution is 7.10. The van der Waals surface area contributed by atoms with Gasteiger partial charge in [0.25, 0.3) is 11.7 Å². The van der Waals surface area contributed by atoms with E-state index < -0.39 is 17.7 Å². The van der Waals surface area contributed by atoms with Crippen LogP contribution >= 0.6 is 11.3 Å². The molecular weight excluding hydrogens is 370 g/mol. The lowest BCUT2D eigenvalue weighted by atomic mass is 9.97. The van der Waals surface area contributed by atoms with Gasteiger partial charge in [0.15, 0.2) is 0 Å². The fourth-order valence-corrected chi connectivity index (χ4v) is 4.83. The third kappa shape index (κ3) is 2.92. The standard InChI is InChI=1S/C23H21NO3S/c1-3-11-24-19(22-14(2)10-12-28-22)18(21(26)23(24)27)20(25)17-9-8-15-6-4-5-7-16(15)13-17/h4-10,12-13,19,25H,3,11H2,1-2H3/b20-18-. The zero-order valence-electron chi connectivity index (χ0n) is 15.8. The Balaban J connectivity index is 1.91. The average molecular weight is 391 g/mol. The molecule has 1 aliphatic rings. The number of fused-ring (bicyclic) bond motifs is 1. The van der Waals surface area contributed by atoms with Crippen molar-refractivity contribution >= 4 is 39.6 Å². The summed E-state index contributed by atoms with van der Waals surface area (Å²) in [5, 5.41) is 15.1. The lowest BCUT2D eigenvalue weighted by molar-refractivity contribution is -0.139. The van der Waals surface area contributed by atoms with Crippen molar-refractivity contribution in [2.45, 2.75) is 26.3 Å². The number of hydrogen-bond donors (Lipinski definition) is 1. The van der Waals surface area contributed by atoms with Gasteiger partial charge in [-0.1, -0.05) is 43.3 Å². The number of ketones is 1. The van der Waals surface area contributed by atoms with Crippen LogP contribution in [0.15, 0.2) is 59.5 Å². The second-order valence-corrected chi connectivity index (χ2v) is 7.97. The van der Waals surface area contributed by atoms with E-state index in [9.17, 15) is 14.7 Å². The highest BCUT2D eigenvalue weighted by Gasteiger charge is 2.46. The first-order valence-corrected chi connectivity index (χ1v) is 10.2. The third-order valence-corrected chi connectivity index (χ3v) is 6.25. The van der Waals surface area contributed by atoms with E-state index in [0.29, 0.717) is 12.1 Å². The molecule has 1 unspecified atom stereocenters. The van der Waals surface area contributed by atoms with Crippen LogP contribution in [0.2, 0.25) is 0 Å². The molecule has 4 nitrogen and oxygen atoms in total. The summed E-state index contributed by atoms with van der Waals surface area (Å²) in [6, 6.07) is 14.8. The van der Waals surface area contributed by atoms with Crippen LogP contribution in [-0.2, 0) is 9.59 Å². The molecule has 0 spiro atoms. The monoisotopic (exact) mass is 391 g/mol. The Morgan fingerprint density at radius 3 is 2.54 bits per heavy atom. The molecule has 2 heterocycles. The number of aliphatic hydroxyl groups is 1. The quantitative estimate of drug-likeness (QED) is 0.385. The number of thiophene rings is 1. The van der Waals surface area contributed by atoms with Crippen molar-refractivity contribution in [1.29, 1.82) is 0 Å². The van der Waals surface area contributed by atoms with Gasteiger partial charge in [-0.25, -0.2) is 0 Å². The van der Waals surface area contributed by atoms with Crippen LogP contribution in [0.25, 0.3) is 16.5 Å². The minimum absolute atomic E-state index is 0.111. The smallest absolute Gasteiger partial charge is 0.295 e. The second-order valence-electron chi connectivity index (χ2n) is 7.02. The lowest BCUT2D eigenvalue weighted by Crippen LogP contribution is -2.30. The van der Waals surface area contributed by atoms with Crippen molar-refractivity contribution in [3.63, 3.8) is 0 Å². The van der Waals surface area contributed by atoms with E-state index in [2.05, 4.69) is 0 Å². The third-order valence-electron chi connectivity index (χ3n) is 5.18. The van der Waals surface area contributed by atoms with Crippen LogP contribution in [0, 0.1) is 6.92 Å². The number of likely N-dealkylation sites (tertiary alicyclic amines) is 1. The molecule has 28 heavy (non-hydrogen) atoms. The van der Waals surface area contributed by atoms with Gasteiger partial charge in [0, 0.05) is 17.0 Å². The molecule has 1 saturated heterocycles. The molecule has 1 fully saturated rings. The molecule has 4 rings (SSSR count). The summed E-state index contributed by atoms with van der Waals surface area (Å²) in [7, 11) is 0. The van der Waals surface area contributed by atoms with Crippen LogP contribution in [0.1, 0.15) is 35.4 Å². The van der Waals surface area contributed by atoms with Gasteiger partial charge in [-0.2, -0.15) is 0 Å². The zero-order chi connectivity index (χ0) is 19.8. The van der Waals surface area contributed by atoms with Crippen molar-refractivity contribution in [3.05, 3.63) is 75.5 Å². The SMILES string of the molecule is CCCN1C(=O)C(=O)/C(=C(\O)c2ccc3ccccc3c2)C1c1sccc1C. The van der Waals surface area contributed by atoms with Crippen molar-refractivity contribution in [2.75, 3.05) is 6.54 Å². The van der Waals surface area contributed by atoms with E-state index in [1.807, 2.05) is 61.7 Å². The summed E-state index contributed by atoms with van der Waals surface area (Å²) in [6.07, 6.45) is 0.740. The van der Waals surface area contributed by atoms with Gasteiger partial charge in [0.2, 0.25) is 0 Å². The normalized spacial score (nSPS) is 18.9. The van der Waals surface area contributed by atoms with Crippen molar-refractivity contribution in [2.24, 2.45) is 0 Å². The molecule has 3 aromatic rings. The van der Waals surface area contributed by atoms with Gasteiger partial charge in [-0.3, -0.25) is 9.59 Å². The number of amides is 1. The van der Waals surface area contributed by atoms with Gasteiger partial charge in [-0.15, -0.1) is 11.3 Å². The summed E-state index contributed by atoms with van der Waals surface area (Å²) in [6.45, 7) is 4.41. The Labute approximate surface area is 167 Å². The number of nitrogens with zero attached hydrogens (tertiary/aromatic N) is 1. The topological polar surface area (TPSA) is 57.6 Å². The molecule has 1 aliphatic heterocycles. The number of benzene rings is 2. The van der Waals surface area contributed by atoms with E-state index in [1.54, 1.807) is 11.0 Å². The van der Waals surface area contributed by atoms with Crippen LogP contribution in [0.3, 0.4) is 0 Å². The molecule has 1 N–H and O–H groups in total.